The number of hydrogen-bond acceptors (Lipinski definition) is 7. The first kappa shape index (κ1) is 20.0. The minimum absolute atomic E-state index is 0.0228. The van der Waals surface area contributed by atoms with Crippen molar-refractivity contribution in [3.05, 3.63) is 88.5 Å². The van der Waals surface area contributed by atoms with Crippen LogP contribution >= 0.6 is 0 Å². The van der Waals surface area contributed by atoms with Crippen LogP contribution in [0.15, 0.2) is 60.7 Å². The smallest absolute Gasteiger partial charge is 0.343 e. The van der Waals surface area contributed by atoms with Crippen LogP contribution in [0.4, 0.5) is 0 Å². The lowest BCUT2D eigenvalue weighted by Crippen LogP contribution is -2.24. The van der Waals surface area contributed by atoms with Gasteiger partial charge in [0.15, 0.2) is 23.1 Å². The normalized spacial score (nSPS) is 11.9. The van der Waals surface area contributed by atoms with Crippen molar-refractivity contribution in [3.63, 3.8) is 0 Å². The Morgan fingerprint density at radius 3 is 1.90 bits per heavy atom. The molecule has 0 N–H and O–H groups in total. The van der Waals surface area contributed by atoms with Crippen molar-refractivity contribution in [1.82, 2.24) is 0 Å². The summed E-state index contributed by atoms with van der Waals surface area (Å²) in [6.45, 7) is 1.14. The average molecular weight is 416 g/mol. The SMILES string of the molecule is COc1cc(OC(=O)c2ccccc2)c(OC(C)=O)c2c1C(=O)c1ccccc1C2=O. The molecule has 0 spiro atoms. The summed E-state index contributed by atoms with van der Waals surface area (Å²) in [4.78, 5) is 50.9. The first-order chi connectivity index (χ1) is 14.9. The van der Waals surface area contributed by atoms with Crippen molar-refractivity contribution in [2.24, 2.45) is 0 Å². The van der Waals surface area contributed by atoms with Gasteiger partial charge in [0, 0.05) is 24.1 Å². The fraction of sp³-hybridized carbons (Fsp3) is 0.0833. The molecular formula is C24H16O7. The molecule has 0 unspecified atom stereocenters. The molecule has 0 fully saturated rings. The minimum atomic E-state index is -0.747. The van der Waals surface area contributed by atoms with E-state index in [4.69, 9.17) is 14.2 Å². The number of ketones is 2. The number of esters is 2. The Labute approximate surface area is 177 Å². The quantitative estimate of drug-likeness (QED) is 0.370. The van der Waals surface area contributed by atoms with Gasteiger partial charge in [-0.05, 0) is 12.1 Å². The molecule has 0 radical (unpaired) electrons. The summed E-state index contributed by atoms with van der Waals surface area (Å²) in [6, 6.07) is 15.7. The van der Waals surface area contributed by atoms with Gasteiger partial charge in [-0.25, -0.2) is 4.79 Å². The van der Waals surface area contributed by atoms with Crippen molar-refractivity contribution >= 4 is 23.5 Å². The number of carbonyl (C=O) groups is 4. The topological polar surface area (TPSA) is 96.0 Å². The Kier molecular flexibility index (Phi) is 5.09. The second-order valence-corrected chi connectivity index (χ2v) is 6.71. The third-order valence-electron chi connectivity index (χ3n) is 4.76. The molecule has 7 heteroatoms. The van der Waals surface area contributed by atoms with Crippen molar-refractivity contribution < 1.29 is 33.4 Å². The molecule has 1 aliphatic rings. The van der Waals surface area contributed by atoms with Crippen LogP contribution < -0.4 is 14.2 Å². The van der Waals surface area contributed by atoms with E-state index in [1.807, 2.05) is 0 Å². The van der Waals surface area contributed by atoms with Crippen LogP contribution in [0, 0.1) is 0 Å². The van der Waals surface area contributed by atoms with E-state index >= 15 is 0 Å². The van der Waals surface area contributed by atoms with Crippen LogP contribution in [0.25, 0.3) is 0 Å². The zero-order chi connectivity index (χ0) is 22.1. The molecule has 0 saturated heterocycles. The predicted octanol–water partition coefficient (Wildman–Crippen LogP) is 3.62. The second-order valence-electron chi connectivity index (χ2n) is 6.71. The number of ether oxygens (including phenoxy) is 3. The van der Waals surface area contributed by atoms with Crippen molar-refractivity contribution in [2.75, 3.05) is 7.11 Å². The van der Waals surface area contributed by atoms with Gasteiger partial charge in [0.2, 0.25) is 0 Å². The molecule has 3 aromatic carbocycles. The van der Waals surface area contributed by atoms with E-state index in [9.17, 15) is 19.2 Å². The number of fused-ring (bicyclic) bond motifs is 2. The Morgan fingerprint density at radius 1 is 0.742 bits per heavy atom. The summed E-state index contributed by atoms with van der Waals surface area (Å²) < 4.78 is 16.1. The molecule has 0 bridgehead atoms. The van der Waals surface area contributed by atoms with E-state index in [0.717, 1.165) is 6.92 Å². The third-order valence-corrected chi connectivity index (χ3v) is 4.76. The van der Waals surface area contributed by atoms with Crippen LogP contribution in [-0.4, -0.2) is 30.6 Å². The number of hydrogen-bond donors (Lipinski definition) is 0. The highest BCUT2D eigenvalue weighted by Gasteiger charge is 2.38. The van der Waals surface area contributed by atoms with Crippen LogP contribution in [0.5, 0.6) is 17.2 Å². The van der Waals surface area contributed by atoms with Crippen molar-refractivity contribution in [2.45, 2.75) is 6.92 Å². The van der Waals surface area contributed by atoms with Gasteiger partial charge in [-0.1, -0.05) is 42.5 Å². The number of benzene rings is 3. The van der Waals surface area contributed by atoms with Crippen LogP contribution in [-0.2, 0) is 4.79 Å². The fourth-order valence-electron chi connectivity index (χ4n) is 3.42. The Balaban J connectivity index is 1.93. The van der Waals surface area contributed by atoms with E-state index in [0.29, 0.717) is 0 Å². The van der Waals surface area contributed by atoms with E-state index < -0.39 is 23.5 Å². The molecule has 31 heavy (non-hydrogen) atoms. The maximum absolute atomic E-state index is 13.3. The van der Waals surface area contributed by atoms with E-state index in [-0.39, 0.29) is 45.1 Å². The van der Waals surface area contributed by atoms with Gasteiger partial charge in [-0.2, -0.15) is 0 Å². The standard InChI is InChI=1S/C24H16O7/c1-13(25)30-23-18(31-24(28)14-8-4-3-5-9-14)12-17(29-2)19-20(23)22(27)16-11-7-6-10-15(16)21(19)26/h3-12H,1-2H3. The largest absolute Gasteiger partial charge is 0.496 e. The minimum Gasteiger partial charge on any atom is -0.496 e. The van der Waals surface area contributed by atoms with Crippen molar-refractivity contribution in [1.29, 1.82) is 0 Å². The van der Waals surface area contributed by atoms with Gasteiger partial charge < -0.3 is 14.2 Å². The summed E-state index contributed by atoms with van der Waals surface area (Å²) in [5.74, 6) is -2.97. The summed E-state index contributed by atoms with van der Waals surface area (Å²) in [5.41, 5.74) is 0.375. The molecular weight excluding hydrogens is 400 g/mol. The maximum atomic E-state index is 13.3. The van der Waals surface area contributed by atoms with Crippen LogP contribution in [0.1, 0.15) is 49.1 Å². The van der Waals surface area contributed by atoms with E-state index in [1.165, 1.54) is 25.3 Å². The zero-order valence-electron chi connectivity index (χ0n) is 16.6. The van der Waals surface area contributed by atoms with Gasteiger partial charge in [-0.3, -0.25) is 14.4 Å². The van der Waals surface area contributed by atoms with Gasteiger partial charge in [0.25, 0.3) is 0 Å². The summed E-state index contributed by atoms with van der Waals surface area (Å²) >= 11 is 0. The molecule has 3 aromatic rings. The lowest BCUT2D eigenvalue weighted by Gasteiger charge is -2.23. The lowest BCUT2D eigenvalue weighted by atomic mass is 9.83. The fourth-order valence-corrected chi connectivity index (χ4v) is 3.42. The zero-order valence-corrected chi connectivity index (χ0v) is 16.6. The second kappa shape index (κ2) is 7.87. The van der Waals surface area contributed by atoms with E-state index in [1.54, 1.807) is 42.5 Å². The molecule has 1 aliphatic carbocycles. The number of methoxy groups -OCH3 is 1. The third kappa shape index (κ3) is 3.46. The Morgan fingerprint density at radius 2 is 1.32 bits per heavy atom. The number of rotatable bonds is 4. The molecule has 4 rings (SSSR count). The highest BCUT2D eigenvalue weighted by atomic mass is 16.6. The monoisotopic (exact) mass is 416 g/mol. The lowest BCUT2D eigenvalue weighted by molar-refractivity contribution is -0.132. The summed E-state index contributed by atoms with van der Waals surface area (Å²) in [7, 11) is 1.32. The molecule has 0 aliphatic heterocycles. The molecule has 0 aromatic heterocycles. The van der Waals surface area contributed by atoms with Gasteiger partial charge in [0.1, 0.15) is 5.75 Å². The van der Waals surface area contributed by atoms with Gasteiger partial charge >= 0.3 is 11.9 Å². The maximum Gasteiger partial charge on any atom is 0.343 e. The van der Waals surface area contributed by atoms with E-state index in [2.05, 4.69) is 0 Å². The molecule has 154 valence electrons. The first-order valence-electron chi connectivity index (χ1n) is 9.31. The number of carbonyl (C=O) groups excluding carboxylic acids is 4. The van der Waals surface area contributed by atoms with Gasteiger partial charge in [0.05, 0.1) is 23.8 Å². The summed E-state index contributed by atoms with van der Waals surface area (Å²) in [6.07, 6.45) is 0. The molecule has 0 atom stereocenters. The first-order valence-corrected chi connectivity index (χ1v) is 9.31. The Bertz CT molecular complexity index is 1240. The molecule has 0 amide bonds. The molecule has 0 heterocycles. The van der Waals surface area contributed by atoms with Gasteiger partial charge in [-0.15, -0.1) is 0 Å². The van der Waals surface area contributed by atoms with Crippen LogP contribution in [0.2, 0.25) is 0 Å². The molecule has 7 nitrogen and oxygen atoms in total. The summed E-state index contributed by atoms with van der Waals surface area (Å²) in [5, 5.41) is 0. The van der Waals surface area contributed by atoms with Crippen molar-refractivity contribution in [3.8, 4) is 17.2 Å². The highest BCUT2D eigenvalue weighted by molar-refractivity contribution is 6.30. The highest BCUT2D eigenvalue weighted by Crippen LogP contribution is 2.44. The van der Waals surface area contributed by atoms with Crippen LogP contribution in [0.3, 0.4) is 0 Å². The molecule has 0 saturated carbocycles. The Hall–Kier alpha value is -4.26. The predicted molar refractivity (Wildman–Crippen MR) is 109 cm³/mol. The average Bonchev–Trinajstić information content (AvgIpc) is 2.78.